The van der Waals surface area contributed by atoms with Gasteiger partial charge >= 0.3 is 11.9 Å². The van der Waals surface area contributed by atoms with Crippen LogP contribution in [0.3, 0.4) is 0 Å². The van der Waals surface area contributed by atoms with Crippen molar-refractivity contribution in [1.82, 2.24) is 5.32 Å². The van der Waals surface area contributed by atoms with E-state index in [1.165, 1.54) is 0 Å². The van der Waals surface area contributed by atoms with Crippen molar-refractivity contribution in [3.8, 4) is 0 Å². The summed E-state index contributed by atoms with van der Waals surface area (Å²) in [6, 6.07) is 0. The third kappa shape index (κ3) is 18.9. The summed E-state index contributed by atoms with van der Waals surface area (Å²) in [5.74, 6) is -1.53. The van der Waals surface area contributed by atoms with Crippen molar-refractivity contribution in [2.45, 2.75) is 57.8 Å². The molecule has 6 nitrogen and oxygen atoms in total. The van der Waals surface area contributed by atoms with Crippen LogP contribution in [0.2, 0.25) is 0 Å². The molecular formula is C15H29NO5. The van der Waals surface area contributed by atoms with Crippen LogP contribution in [0.25, 0.3) is 0 Å². The quantitative estimate of drug-likeness (QED) is 0.379. The fourth-order valence-corrected chi connectivity index (χ4v) is 1.90. The first kappa shape index (κ1) is 19.9. The molecular weight excluding hydrogens is 274 g/mol. The predicted molar refractivity (Wildman–Crippen MR) is 80.5 cm³/mol. The first-order valence-electron chi connectivity index (χ1n) is 7.85. The number of carbonyl (C=O) groups is 2. The second-order valence-electron chi connectivity index (χ2n) is 5.12. The molecule has 0 fully saturated rings. The van der Waals surface area contributed by atoms with Crippen LogP contribution in [0, 0.1) is 0 Å². The predicted octanol–water partition coefficient (Wildman–Crippen LogP) is 2.27. The number of unbranched alkanes of at least 4 members (excludes halogenated alkanes) is 5. The van der Waals surface area contributed by atoms with Gasteiger partial charge in [-0.1, -0.05) is 19.3 Å². The highest BCUT2D eigenvalue weighted by Gasteiger charge is 1.97. The van der Waals surface area contributed by atoms with Gasteiger partial charge in [0.25, 0.3) is 0 Å². The van der Waals surface area contributed by atoms with Gasteiger partial charge in [-0.2, -0.15) is 0 Å². The average molecular weight is 303 g/mol. The van der Waals surface area contributed by atoms with Gasteiger partial charge in [0.15, 0.2) is 0 Å². The Balaban J connectivity index is 2.99. The van der Waals surface area contributed by atoms with Crippen LogP contribution in [0.1, 0.15) is 57.8 Å². The lowest BCUT2D eigenvalue weighted by Crippen LogP contribution is -2.16. The number of hydrogen-bond acceptors (Lipinski definition) is 4. The van der Waals surface area contributed by atoms with E-state index >= 15 is 0 Å². The maximum absolute atomic E-state index is 10.3. The van der Waals surface area contributed by atoms with Crippen molar-refractivity contribution in [3.63, 3.8) is 0 Å². The zero-order valence-electron chi connectivity index (χ0n) is 12.8. The highest BCUT2D eigenvalue weighted by atomic mass is 16.5. The first-order chi connectivity index (χ1) is 10.1. The molecule has 6 heteroatoms. The summed E-state index contributed by atoms with van der Waals surface area (Å²) in [6.45, 7) is 2.90. The van der Waals surface area contributed by atoms with Gasteiger partial charge in [-0.15, -0.1) is 0 Å². The Bertz CT molecular complexity index is 245. The molecule has 0 aromatic carbocycles. The zero-order chi connectivity index (χ0) is 15.8. The van der Waals surface area contributed by atoms with Crippen molar-refractivity contribution < 1.29 is 24.5 Å². The highest BCUT2D eigenvalue weighted by molar-refractivity contribution is 5.66. The molecule has 0 radical (unpaired) electrons. The molecule has 0 saturated carbocycles. The average Bonchev–Trinajstić information content (AvgIpc) is 2.42. The van der Waals surface area contributed by atoms with Crippen LogP contribution in [-0.2, 0) is 14.3 Å². The molecule has 0 rings (SSSR count). The molecule has 0 saturated heterocycles. The minimum absolute atomic E-state index is 0.0797. The van der Waals surface area contributed by atoms with Gasteiger partial charge in [-0.25, -0.2) is 0 Å². The molecule has 21 heavy (non-hydrogen) atoms. The molecule has 0 aromatic rings. The second kappa shape index (κ2) is 15.3. The standard InChI is InChI=1S/C15H29NO5/c17-14(18)8-4-3-6-11-16-10-5-1-2-7-12-21-13-9-15(19)20/h16H,1-13H2,(H,17,18)(H,19,20). The molecule has 0 atom stereocenters. The van der Waals surface area contributed by atoms with E-state index in [1.54, 1.807) is 0 Å². The molecule has 0 aliphatic heterocycles. The first-order valence-corrected chi connectivity index (χ1v) is 7.85. The van der Waals surface area contributed by atoms with Gasteiger partial charge in [0, 0.05) is 13.0 Å². The van der Waals surface area contributed by atoms with Crippen molar-refractivity contribution in [1.29, 1.82) is 0 Å². The van der Waals surface area contributed by atoms with E-state index in [0.29, 0.717) is 13.2 Å². The third-order valence-corrected chi connectivity index (χ3v) is 3.10. The smallest absolute Gasteiger partial charge is 0.305 e. The highest BCUT2D eigenvalue weighted by Crippen LogP contribution is 2.01. The molecule has 0 amide bonds. The molecule has 3 N–H and O–H groups in total. The van der Waals surface area contributed by atoms with Gasteiger partial charge in [-0.05, 0) is 38.8 Å². The summed E-state index contributed by atoms with van der Waals surface area (Å²) >= 11 is 0. The van der Waals surface area contributed by atoms with Crippen LogP contribution in [0.15, 0.2) is 0 Å². The van der Waals surface area contributed by atoms with Gasteiger partial charge in [-0.3, -0.25) is 9.59 Å². The van der Waals surface area contributed by atoms with Crippen LogP contribution in [0.5, 0.6) is 0 Å². The fraction of sp³-hybridized carbons (Fsp3) is 0.867. The summed E-state index contributed by atoms with van der Waals surface area (Å²) < 4.78 is 5.21. The van der Waals surface area contributed by atoms with Crippen LogP contribution >= 0.6 is 0 Å². The van der Waals surface area contributed by atoms with Crippen LogP contribution in [0.4, 0.5) is 0 Å². The molecule has 0 aliphatic carbocycles. The lowest BCUT2D eigenvalue weighted by molar-refractivity contribution is -0.138. The number of ether oxygens (including phenoxy) is 1. The monoisotopic (exact) mass is 303 g/mol. The number of carboxylic acids is 2. The lowest BCUT2D eigenvalue weighted by Gasteiger charge is -2.05. The van der Waals surface area contributed by atoms with E-state index < -0.39 is 11.9 Å². The minimum Gasteiger partial charge on any atom is -0.481 e. The molecule has 0 bridgehead atoms. The van der Waals surface area contributed by atoms with E-state index in [4.69, 9.17) is 14.9 Å². The zero-order valence-corrected chi connectivity index (χ0v) is 12.8. The minimum atomic E-state index is -0.816. The number of hydrogen-bond donors (Lipinski definition) is 3. The van der Waals surface area contributed by atoms with Gasteiger partial charge in [0.05, 0.1) is 13.0 Å². The largest absolute Gasteiger partial charge is 0.481 e. The second-order valence-corrected chi connectivity index (χ2v) is 5.12. The Morgan fingerprint density at radius 2 is 1.29 bits per heavy atom. The molecule has 0 unspecified atom stereocenters. The summed E-state index contributed by atoms with van der Waals surface area (Å²) in [4.78, 5) is 20.5. The number of rotatable bonds is 16. The van der Waals surface area contributed by atoms with Crippen LogP contribution < -0.4 is 5.32 Å². The van der Waals surface area contributed by atoms with E-state index in [-0.39, 0.29) is 12.8 Å². The Morgan fingerprint density at radius 1 is 0.714 bits per heavy atom. The third-order valence-electron chi connectivity index (χ3n) is 3.10. The van der Waals surface area contributed by atoms with Crippen molar-refractivity contribution in [2.24, 2.45) is 0 Å². The number of nitrogens with one attached hydrogen (secondary N) is 1. The molecule has 0 spiro atoms. The lowest BCUT2D eigenvalue weighted by atomic mass is 10.2. The summed E-state index contributed by atoms with van der Waals surface area (Å²) in [7, 11) is 0. The SMILES string of the molecule is O=C(O)CCCCCNCCCCCCOCCC(=O)O. The van der Waals surface area contributed by atoms with E-state index in [0.717, 1.165) is 58.0 Å². The van der Waals surface area contributed by atoms with Crippen molar-refractivity contribution in [2.75, 3.05) is 26.3 Å². The molecule has 0 aromatic heterocycles. The Hall–Kier alpha value is -1.14. The van der Waals surface area contributed by atoms with Gasteiger partial charge < -0.3 is 20.3 Å². The van der Waals surface area contributed by atoms with Gasteiger partial charge in [0.2, 0.25) is 0 Å². The van der Waals surface area contributed by atoms with Crippen LogP contribution in [-0.4, -0.2) is 48.5 Å². The Kier molecular flexibility index (Phi) is 14.4. The molecule has 0 heterocycles. The summed E-state index contributed by atoms with van der Waals surface area (Å²) in [6.07, 6.45) is 7.47. The maximum Gasteiger partial charge on any atom is 0.305 e. The maximum atomic E-state index is 10.3. The van der Waals surface area contributed by atoms with E-state index in [9.17, 15) is 9.59 Å². The fourth-order valence-electron chi connectivity index (χ4n) is 1.90. The molecule has 124 valence electrons. The normalized spacial score (nSPS) is 10.7. The Morgan fingerprint density at radius 3 is 1.90 bits per heavy atom. The number of carboxylic acid groups (broad SMARTS) is 2. The molecule has 0 aliphatic rings. The Labute approximate surface area is 126 Å². The summed E-state index contributed by atoms with van der Waals surface area (Å²) in [5, 5.41) is 20.2. The number of aliphatic carboxylic acids is 2. The van der Waals surface area contributed by atoms with E-state index in [2.05, 4.69) is 5.32 Å². The van der Waals surface area contributed by atoms with Crippen molar-refractivity contribution in [3.05, 3.63) is 0 Å². The topological polar surface area (TPSA) is 95.9 Å². The van der Waals surface area contributed by atoms with Crippen molar-refractivity contribution >= 4 is 11.9 Å². The van der Waals surface area contributed by atoms with E-state index in [1.807, 2.05) is 0 Å². The van der Waals surface area contributed by atoms with Gasteiger partial charge in [0.1, 0.15) is 0 Å². The summed E-state index contributed by atoms with van der Waals surface area (Å²) in [5.41, 5.74) is 0.